The molecule has 2 aromatic rings. The van der Waals surface area contributed by atoms with Crippen LogP contribution in [-0.2, 0) is 5.33 Å². The van der Waals surface area contributed by atoms with E-state index in [2.05, 4.69) is 28.6 Å². The summed E-state index contributed by atoms with van der Waals surface area (Å²) >= 11 is 7.82. The summed E-state index contributed by atoms with van der Waals surface area (Å²) in [6.07, 6.45) is 0. The van der Waals surface area contributed by atoms with E-state index in [0.717, 1.165) is 21.7 Å². The summed E-state index contributed by atoms with van der Waals surface area (Å²) < 4.78 is 5.77. The highest BCUT2D eigenvalue weighted by molar-refractivity contribution is 9.08. The predicted molar refractivity (Wildman–Crippen MR) is 77.6 cm³/mol. The molecule has 0 amide bonds. The van der Waals surface area contributed by atoms with Crippen molar-refractivity contribution in [1.29, 1.82) is 0 Å². The molecule has 1 nitrogen and oxygen atoms in total. The maximum atomic E-state index is 5.77. The molecule has 2 aromatic carbocycles. The van der Waals surface area contributed by atoms with Gasteiger partial charge in [0.25, 0.3) is 0 Å². The Hall–Kier alpha value is -0.930. The molecule has 0 aromatic heterocycles. The molecule has 0 saturated carbocycles. The SMILES string of the molecule is Cc1ccc(Oc2ccc(CBr)cc2)c(S)c1. The van der Waals surface area contributed by atoms with E-state index in [1.54, 1.807) is 0 Å². The van der Waals surface area contributed by atoms with Crippen LogP contribution in [-0.4, -0.2) is 0 Å². The zero-order valence-electron chi connectivity index (χ0n) is 9.48. The average Bonchev–Trinajstić information content (AvgIpc) is 2.34. The fourth-order valence-electron chi connectivity index (χ4n) is 1.49. The minimum atomic E-state index is 0.783. The van der Waals surface area contributed by atoms with Crippen molar-refractivity contribution < 1.29 is 4.74 Å². The lowest BCUT2D eigenvalue weighted by atomic mass is 10.2. The molecule has 0 unspecified atom stereocenters. The van der Waals surface area contributed by atoms with E-state index < -0.39 is 0 Å². The Labute approximate surface area is 115 Å². The number of hydrogen-bond acceptors (Lipinski definition) is 2. The van der Waals surface area contributed by atoms with Gasteiger partial charge < -0.3 is 4.74 Å². The van der Waals surface area contributed by atoms with Gasteiger partial charge in [-0.3, -0.25) is 0 Å². The number of thiol groups is 1. The quantitative estimate of drug-likeness (QED) is 0.622. The molecule has 0 bridgehead atoms. The first kappa shape index (κ1) is 12.5. The van der Waals surface area contributed by atoms with Crippen LogP contribution < -0.4 is 4.74 Å². The number of rotatable bonds is 3. The maximum absolute atomic E-state index is 5.77. The number of hydrogen-bond donors (Lipinski definition) is 1. The summed E-state index contributed by atoms with van der Waals surface area (Å²) in [6.45, 7) is 2.04. The second-order valence-corrected chi connectivity index (χ2v) is 4.89. The molecular weight excluding hydrogens is 296 g/mol. The summed E-state index contributed by atoms with van der Waals surface area (Å²) in [6, 6.07) is 13.9. The van der Waals surface area contributed by atoms with Crippen LogP contribution in [0, 0.1) is 6.92 Å². The van der Waals surface area contributed by atoms with Crippen molar-refractivity contribution >= 4 is 28.6 Å². The van der Waals surface area contributed by atoms with Crippen LogP contribution in [0.3, 0.4) is 0 Å². The molecule has 0 aliphatic carbocycles. The van der Waals surface area contributed by atoms with Crippen LogP contribution in [0.1, 0.15) is 11.1 Å². The van der Waals surface area contributed by atoms with Gasteiger partial charge in [-0.2, -0.15) is 0 Å². The fourth-order valence-corrected chi connectivity index (χ4v) is 2.18. The summed E-state index contributed by atoms with van der Waals surface area (Å²) in [4.78, 5) is 0.856. The number of alkyl halides is 1. The predicted octanol–water partition coefficient (Wildman–Crippen LogP) is 4.97. The van der Waals surface area contributed by atoms with E-state index in [9.17, 15) is 0 Å². The van der Waals surface area contributed by atoms with E-state index in [1.165, 1.54) is 11.1 Å². The third kappa shape index (κ3) is 3.27. The van der Waals surface area contributed by atoms with Crippen molar-refractivity contribution in [2.45, 2.75) is 17.1 Å². The lowest BCUT2D eigenvalue weighted by Gasteiger charge is -2.09. The van der Waals surface area contributed by atoms with Gasteiger partial charge in [-0.1, -0.05) is 34.1 Å². The zero-order valence-corrected chi connectivity index (χ0v) is 12.0. The molecule has 88 valence electrons. The highest BCUT2D eigenvalue weighted by Gasteiger charge is 2.02. The van der Waals surface area contributed by atoms with E-state index in [0.29, 0.717) is 0 Å². The standard InChI is InChI=1S/C14H13BrOS/c1-10-2-7-13(14(17)8-10)16-12-5-3-11(9-15)4-6-12/h2-8,17H,9H2,1H3. The third-order valence-corrected chi connectivity index (χ3v) is 3.42. The highest BCUT2D eigenvalue weighted by atomic mass is 79.9. The van der Waals surface area contributed by atoms with Crippen LogP contribution in [0.5, 0.6) is 11.5 Å². The monoisotopic (exact) mass is 308 g/mol. The van der Waals surface area contributed by atoms with Gasteiger partial charge in [-0.15, -0.1) is 12.6 Å². The zero-order chi connectivity index (χ0) is 12.3. The Morgan fingerprint density at radius 2 is 1.82 bits per heavy atom. The van der Waals surface area contributed by atoms with Gasteiger partial charge in [0.2, 0.25) is 0 Å². The van der Waals surface area contributed by atoms with Crippen LogP contribution in [0.25, 0.3) is 0 Å². The second kappa shape index (κ2) is 5.61. The van der Waals surface area contributed by atoms with Crippen LogP contribution >= 0.6 is 28.6 Å². The molecule has 0 aliphatic rings. The van der Waals surface area contributed by atoms with Crippen LogP contribution in [0.4, 0.5) is 0 Å². The Kier molecular flexibility index (Phi) is 4.13. The van der Waals surface area contributed by atoms with E-state index in [1.807, 2.05) is 49.4 Å². The maximum Gasteiger partial charge on any atom is 0.140 e. The first-order valence-electron chi connectivity index (χ1n) is 5.31. The molecule has 0 atom stereocenters. The smallest absolute Gasteiger partial charge is 0.140 e. The molecular formula is C14H13BrOS. The van der Waals surface area contributed by atoms with Gasteiger partial charge in [0.15, 0.2) is 0 Å². The largest absolute Gasteiger partial charge is 0.456 e. The molecule has 0 N–H and O–H groups in total. The van der Waals surface area contributed by atoms with Crippen LogP contribution in [0.2, 0.25) is 0 Å². The van der Waals surface area contributed by atoms with Gasteiger partial charge in [0.05, 0.1) is 0 Å². The Bertz CT molecular complexity index is 508. The summed E-state index contributed by atoms with van der Waals surface area (Å²) in [5, 5.41) is 0.857. The van der Waals surface area contributed by atoms with E-state index in [-0.39, 0.29) is 0 Å². The molecule has 0 heterocycles. The van der Waals surface area contributed by atoms with Crippen molar-refractivity contribution in [1.82, 2.24) is 0 Å². The Morgan fingerprint density at radius 1 is 1.12 bits per heavy atom. The van der Waals surface area contributed by atoms with Gasteiger partial charge in [0, 0.05) is 10.2 Å². The fraction of sp³-hybridized carbons (Fsp3) is 0.143. The van der Waals surface area contributed by atoms with Crippen molar-refractivity contribution in [2.24, 2.45) is 0 Å². The van der Waals surface area contributed by atoms with Crippen molar-refractivity contribution in [3.05, 3.63) is 53.6 Å². The minimum Gasteiger partial charge on any atom is -0.456 e. The van der Waals surface area contributed by atoms with Crippen molar-refractivity contribution in [2.75, 3.05) is 0 Å². The van der Waals surface area contributed by atoms with Gasteiger partial charge in [-0.05, 0) is 42.3 Å². The molecule has 0 radical (unpaired) electrons. The number of aryl methyl sites for hydroxylation is 1. The summed E-state index contributed by atoms with van der Waals surface area (Å²) in [7, 11) is 0. The second-order valence-electron chi connectivity index (χ2n) is 3.85. The topological polar surface area (TPSA) is 9.23 Å². The molecule has 0 aliphatic heterocycles. The van der Waals surface area contributed by atoms with E-state index in [4.69, 9.17) is 4.74 Å². The molecule has 0 fully saturated rings. The summed E-state index contributed by atoms with van der Waals surface area (Å²) in [5.74, 6) is 1.61. The first-order valence-corrected chi connectivity index (χ1v) is 6.88. The number of benzene rings is 2. The first-order chi connectivity index (χ1) is 8.19. The number of ether oxygens (including phenoxy) is 1. The average molecular weight is 309 g/mol. The van der Waals surface area contributed by atoms with Crippen molar-refractivity contribution in [3.63, 3.8) is 0 Å². The molecule has 3 heteroatoms. The number of halogens is 1. The van der Waals surface area contributed by atoms with Gasteiger partial charge >= 0.3 is 0 Å². The Morgan fingerprint density at radius 3 is 2.41 bits per heavy atom. The third-order valence-electron chi connectivity index (χ3n) is 2.42. The van der Waals surface area contributed by atoms with Gasteiger partial charge in [-0.25, -0.2) is 0 Å². The minimum absolute atomic E-state index is 0.783. The highest BCUT2D eigenvalue weighted by Crippen LogP contribution is 2.28. The van der Waals surface area contributed by atoms with Crippen LogP contribution in [0.15, 0.2) is 47.4 Å². The lowest BCUT2D eigenvalue weighted by Crippen LogP contribution is -1.87. The normalized spacial score (nSPS) is 10.3. The van der Waals surface area contributed by atoms with Crippen molar-refractivity contribution in [3.8, 4) is 11.5 Å². The molecule has 17 heavy (non-hydrogen) atoms. The Balaban J connectivity index is 2.19. The van der Waals surface area contributed by atoms with Gasteiger partial charge in [0.1, 0.15) is 11.5 Å². The molecule has 2 rings (SSSR count). The lowest BCUT2D eigenvalue weighted by molar-refractivity contribution is 0.471. The molecule has 0 spiro atoms. The molecule has 0 saturated heterocycles. The summed E-state index contributed by atoms with van der Waals surface area (Å²) in [5.41, 5.74) is 2.41. The van der Waals surface area contributed by atoms with E-state index >= 15 is 0 Å².